The summed E-state index contributed by atoms with van der Waals surface area (Å²) < 4.78 is 5.37. The molecule has 0 unspecified atom stereocenters. The molecule has 0 bridgehead atoms. The number of aromatic nitrogens is 1. The highest BCUT2D eigenvalue weighted by molar-refractivity contribution is 5.68. The number of nitrogens with zero attached hydrogens (tertiary/aromatic N) is 2. The maximum atomic E-state index is 12.0. The number of nitrogens with one attached hydrogen (secondary N) is 1. The zero-order valence-electron chi connectivity index (χ0n) is 14.0. The second kappa shape index (κ2) is 7.46. The third-order valence-corrected chi connectivity index (χ3v) is 3.42. The van der Waals surface area contributed by atoms with Crippen LogP contribution in [0.5, 0.6) is 5.75 Å². The van der Waals surface area contributed by atoms with Crippen molar-refractivity contribution in [3.63, 3.8) is 0 Å². The van der Waals surface area contributed by atoms with E-state index >= 15 is 0 Å². The van der Waals surface area contributed by atoms with Gasteiger partial charge in [0.05, 0.1) is 11.9 Å². The van der Waals surface area contributed by atoms with Gasteiger partial charge in [0.2, 0.25) is 0 Å². The van der Waals surface area contributed by atoms with E-state index in [1.165, 1.54) is 11.8 Å². The predicted octanol–water partition coefficient (Wildman–Crippen LogP) is 2.44. The highest BCUT2D eigenvalue weighted by Gasteiger charge is 2.23. The molecular formula is C17H25N3O3. The first-order valence-corrected chi connectivity index (χ1v) is 7.84. The van der Waals surface area contributed by atoms with Crippen molar-refractivity contribution in [3.05, 3.63) is 35.7 Å². The SMILES string of the molecule is CC(C)(C)OC(=O)N1CC=C(CNCc2ccc(O)cn2)CC1. The number of hydrogen-bond acceptors (Lipinski definition) is 5. The van der Waals surface area contributed by atoms with Crippen LogP contribution < -0.4 is 5.32 Å². The Hall–Kier alpha value is -2.08. The van der Waals surface area contributed by atoms with Gasteiger partial charge in [-0.2, -0.15) is 0 Å². The maximum absolute atomic E-state index is 12.0. The van der Waals surface area contributed by atoms with Crippen molar-refractivity contribution < 1.29 is 14.6 Å². The molecule has 0 saturated carbocycles. The number of hydrogen-bond donors (Lipinski definition) is 2. The molecule has 1 aromatic rings. The Morgan fingerprint density at radius 1 is 1.39 bits per heavy atom. The van der Waals surface area contributed by atoms with Crippen molar-refractivity contribution in [3.8, 4) is 5.75 Å². The van der Waals surface area contributed by atoms with Crippen molar-refractivity contribution in [2.24, 2.45) is 0 Å². The first kappa shape index (κ1) is 17.3. The monoisotopic (exact) mass is 319 g/mol. The van der Waals surface area contributed by atoms with Gasteiger partial charge in [-0.05, 0) is 39.3 Å². The molecule has 6 heteroatoms. The Labute approximate surface area is 137 Å². The van der Waals surface area contributed by atoms with Crippen LogP contribution >= 0.6 is 0 Å². The molecule has 126 valence electrons. The second-order valence-electron chi connectivity index (χ2n) is 6.65. The molecule has 0 fully saturated rings. The third kappa shape index (κ3) is 5.90. The summed E-state index contributed by atoms with van der Waals surface area (Å²) in [6.45, 7) is 8.30. The smallest absolute Gasteiger partial charge is 0.410 e. The molecule has 23 heavy (non-hydrogen) atoms. The van der Waals surface area contributed by atoms with Crippen molar-refractivity contribution in [2.75, 3.05) is 19.6 Å². The Morgan fingerprint density at radius 2 is 2.17 bits per heavy atom. The van der Waals surface area contributed by atoms with E-state index in [0.717, 1.165) is 18.7 Å². The van der Waals surface area contributed by atoms with E-state index in [9.17, 15) is 9.90 Å². The summed E-state index contributed by atoms with van der Waals surface area (Å²) in [5.41, 5.74) is 1.71. The lowest BCUT2D eigenvalue weighted by molar-refractivity contribution is 0.0265. The lowest BCUT2D eigenvalue weighted by Gasteiger charge is -2.29. The van der Waals surface area contributed by atoms with E-state index in [-0.39, 0.29) is 11.8 Å². The fourth-order valence-corrected chi connectivity index (χ4v) is 2.24. The molecule has 2 heterocycles. The fraction of sp³-hybridized carbons (Fsp3) is 0.529. The number of ether oxygens (including phenoxy) is 1. The Bertz CT molecular complexity index is 561. The fourth-order valence-electron chi connectivity index (χ4n) is 2.24. The second-order valence-corrected chi connectivity index (χ2v) is 6.65. The highest BCUT2D eigenvalue weighted by Crippen LogP contribution is 2.15. The number of amides is 1. The van der Waals surface area contributed by atoms with E-state index in [0.29, 0.717) is 19.6 Å². The minimum Gasteiger partial charge on any atom is -0.506 e. The molecule has 1 amide bonds. The number of aromatic hydroxyl groups is 1. The minimum absolute atomic E-state index is 0.172. The molecule has 2 N–H and O–H groups in total. The van der Waals surface area contributed by atoms with Gasteiger partial charge in [0.15, 0.2) is 0 Å². The van der Waals surface area contributed by atoms with E-state index in [4.69, 9.17) is 4.74 Å². The Morgan fingerprint density at radius 3 is 2.74 bits per heavy atom. The van der Waals surface area contributed by atoms with E-state index in [1.54, 1.807) is 17.0 Å². The first-order chi connectivity index (χ1) is 10.8. The van der Waals surface area contributed by atoms with Crippen molar-refractivity contribution in [1.82, 2.24) is 15.2 Å². The summed E-state index contributed by atoms with van der Waals surface area (Å²) >= 11 is 0. The first-order valence-electron chi connectivity index (χ1n) is 7.84. The Balaban J connectivity index is 1.74. The van der Waals surface area contributed by atoms with Crippen LogP contribution in [0.3, 0.4) is 0 Å². The zero-order chi connectivity index (χ0) is 16.9. The standard InChI is InChI=1S/C17H25N3O3/c1-17(2,3)23-16(22)20-8-6-13(7-9-20)10-18-11-14-4-5-15(21)12-19-14/h4-6,12,18,21H,7-11H2,1-3H3. The average molecular weight is 319 g/mol. The topological polar surface area (TPSA) is 74.7 Å². The molecule has 0 aliphatic carbocycles. The molecule has 2 rings (SSSR count). The number of pyridine rings is 1. The molecule has 0 spiro atoms. The van der Waals surface area contributed by atoms with Gasteiger partial charge >= 0.3 is 6.09 Å². The molecule has 1 aliphatic heterocycles. The predicted molar refractivity (Wildman–Crippen MR) is 88.1 cm³/mol. The maximum Gasteiger partial charge on any atom is 0.410 e. The van der Waals surface area contributed by atoms with Crippen LogP contribution in [-0.4, -0.2) is 46.3 Å². The molecule has 0 aromatic carbocycles. The lowest BCUT2D eigenvalue weighted by Crippen LogP contribution is -2.39. The summed E-state index contributed by atoms with van der Waals surface area (Å²) in [5.74, 6) is 0.172. The van der Waals surface area contributed by atoms with Gasteiger partial charge in [-0.15, -0.1) is 0 Å². The van der Waals surface area contributed by atoms with Crippen molar-refractivity contribution >= 4 is 6.09 Å². The summed E-state index contributed by atoms with van der Waals surface area (Å²) in [6.07, 6.45) is 4.10. The van der Waals surface area contributed by atoms with Crippen LogP contribution in [0.1, 0.15) is 32.9 Å². The number of rotatable bonds is 4. The van der Waals surface area contributed by atoms with E-state index in [1.807, 2.05) is 20.8 Å². The van der Waals surface area contributed by atoms with Crippen LogP contribution in [0.4, 0.5) is 4.79 Å². The molecule has 0 saturated heterocycles. The summed E-state index contributed by atoms with van der Waals surface area (Å²) in [5, 5.41) is 12.5. The van der Waals surface area contributed by atoms with Gasteiger partial charge in [0.1, 0.15) is 11.4 Å². The van der Waals surface area contributed by atoms with Gasteiger partial charge in [0, 0.05) is 26.2 Å². The molecular weight excluding hydrogens is 294 g/mol. The summed E-state index contributed by atoms with van der Waals surface area (Å²) in [4.78, 5) is 17.8. The normalized spacial score (nSPS) is 15.3. The number of carbonyl (C=O) groups is 1. The molecule has 0 atom stereocenters. The average Bonchev–Trinajstić information content (AvgIpc) is 2.48. The van der Waals surface area contributed by atoms with Crippen LogP contribution in [0, 0.1) is 0 Å². The van der Waals surface area contributed by atoms with Gasteiger partial charge in [0.25, 0.3) is 0 Å². The summed E-state index contributed by atoms with van der Waals surface area (Å²) in [7, 11) is 0. The quantitative estimate of drug-likeness (QED) is 0.834. The van der Waals surface area contributed by atoms with E-state index < -0.39 is 5.60 Å². The highest BCUT2D eigenvalue weighted by atomic mass is 16.6. The Kier molecular flexibility index (Phi) is 5.60. The van der Waals surface area contributed by atoms with Crippen LogP contribution in [0.15, 0.2) is 30.0 Å². The van der Waals surface area contributed by atoms with Crippen molar-refractivity contribution in [1.29, 1.82) is 0 Å². The minimum atomic E-state index is -0.459. The molecule has 0 radical (unpaired) electrons. The third-order valence-electron chi connectivity index (χ3n) is 3.42. The lowest BCUT2D eigenvalue weighted by atomic mass is 10.1. The van der Waals surface area contributed by atoms with Gasteiger partial charge in [-0.3, -0.25) is 4.98 Å². The molecule has 6 nitrogen and oxygen atoms in total. The van der Waals surface area contributed by atoms with Crippen LogP contribution in [0.25, 0.3) is 0 Å². The van der Waals surface area contributed by atoms with Gasteiger partial charge in [-0.25, -0.2) is 4.79 Å². The van der Waals surface area contributed by atoms with E-state index in [2.05, 4.69) is 16.4 Å². The molecule has 1 aromatic heterocycles. The van der Waals surface area contributed by atoms with Gasteiger partial charge < -0.3 is 20.1 Å². The summed E-state index contributed by atoms with van der Waals surface area (Å²) in [6, 6.07) is 3.42. The van der Waals surface area contributed by atoms with Crippen LogP contribution in [-0.2, 0) is 11.3 Å². The van der Waals surface area contributed by atoms with Crippen LogP contribution in [0.2, 0.25) is 0 Å². The number of carbonyl (C=O) groups excluding carboxylic acids is 1. The zero-order valence-corrected chi connectivity index (χ0v) is 14.0. The van der Waals surface area contributed by atoms with Crippen molar-refractivity contribution in [2.45, 2.75) is 39.3 Å². The largest absolute Gasteiger partial charge is 0.506 e. The van der Waals surface area contributed by atoms with Gasteiger partial charge in [-0.1, -0.05) is 11.6 Å². The molecule has 1 aliphatic rings.